The number of hydrogen-bond acceptors (Lipinski definition) is 3. The molecule has 18 heavy (non-hydrogen) atoms. The highest BCUT2D eigenvalue weighted by Gasteiger charge is 2.16. The van der Waals surface area contributed by atoms with E-state index in [1.54, 1.807) is 12.4 Å². The predicted octanol–water partition coefficient (Wildman–Crippen LogP) is 4.10. The van der Waals surface area contributed by atoms with Crippen LogP contribution in [0.1, 0.15) is 32.1 Å². The third-order valence-electron chi connectivity index (χ3n) is 3.37. The zero-order valence-electron chi connectivity index (χ0n) is 10.1. The summed E-state index contributed by atoms with van der Waals surface area (Å²) in [7, 11) is 0. The summed E-state index contributed by atoms with van der Waals surface area (Å²) in [6, 6.07) is 3.93. The molecule has 0 amide bonds. The van der Waals surface area contributed by atoms with Crippen molar-refractivity contribution in [3.63, 3.8) is 0 Å². The summed E-state index contributed by atoms with van der Waals surface area (Å²) in [5.41, 5.74) is 0.930. The van der Waals surface area contributed by atoms with Gasteiger partial charge in [-0.2, -0.15) is 0 Å². The lowest BCUT2D eigenvalue weighted by Crippen LogP contribution is -2.20. The summed E-state index contributed by atoms with van der Waals surface area (Å²) in [6.45, 7) is 0. The molecule has 2 aromatic rings. The Balaban J connectivity index is 1.92. The molecule has 4 heteroatoms. The monoisotopic (exact) mass is 306 g/mol. The van der Waals surface area contributed by atoms with Gasteiger partial charge in [-0.25, -0.2) is 4.98 Å². The van der Waals surface area contributed by atoms with Crippen molar-refractivity contribution in [2.24, 2.45) is 0 Å². The Morgan fingerprint density at radius 1 is 1.17 bits per heavy atom. The van der Waals surface area contributed by atoms with E-state index in [0.29, 0.717) is 12.0 Å². The van der Waals surface area contributed by atoms with Gasteiger partial charge in [0.1, 0.15) is 6.10 Å². The van der Waals surface area contributed by atoms with E-state index in [1.165, 1.54) is 19.3 Å². The zero-order valence-corrected chi connectivity index (χ0v) is 11.7. The van der Waals surface area contributed by atoms with Crippen LogP contribution >= 0.6 is 15.9 Å². The average molecular weight is 307 g/mol. The molecule has 0 atom stereocenters. The first-order valence-corrected chi connectivity index (χ1v) is 7.19. The van der Waals surface area contributed by atoms with Crippen LogP contribution in [0.3, 0.4) is 0 Å². The first-order chi connectivity index (χ1) is 8.83. The Kier molecular flexibility index (Phi) is 3.46. The smallest absolute Gasteiger partial charge is 0.223 e. The Morgan fingerprint density at radius 3 is 2.83 bits per heavy atom. The minimum atomic E-state index is 0.316. The number of hydrogen-bond donors (Lipinski definition) is 0. The largest absolute Gasteiger partial charge is 0.474 e. The fourth-order valence-corrected chi connectivity index (χ4v) is 2.77. The second-order valence-electron chi connectivity index (χ2n) is 4.71. The molecule has 0 unspecified atom stereocenters. The van der Waals surface area contributed by atoms with Crippen molar-refractivity contribution in [1.82, 2.24) is 9.97 Å². The van der Waals surface area contributed by atoms with E-state index < -0.39 is 0 Å². The zero-order chi connectivity index (χ0) is 12.4. The highest BCUT2D eigenvalue weighted by molar-refractivity contribution is 9.10. The van der Waals surface area contributed by atoms with Crippen molar-refractivity contribution < 1.29 is 4.74 Å². The Labute approximate surface area is 115 Å². The van der Waals surface area contributed by atoms with Crippen LogP contribution in [0.15, 0.2) is 29.0 Å². The van der Waals surface area contributed by atoms with Gasteiger partial charge in [-0.05, 0) is 53.7 Å². The lowest BCUT2D eigenvalue weighted by atomic mass is 9.98. The van der Waals surface area contributed by atoms with Crippen LogP contribution in [0.5, 0.6) is 5.88 Å². The van der Waals surface area contributed by atoms with Gasteiger partial charge in [0, 0.05) is 16.9 Å². The van der Waals surface area contributed by atoms with Crippen molar-refractivity contribution >= 4 is 26.8 Å². The Bertz CT molecular complexity index is 552. The number of pyridine rings is 2. The van der Waals surface area contributed by atoms with Gasteiger partial charge in [0.05, 0.1) is 10.9 Å². The summed E-state index contributed by atoms with van der Waals surface area (Å²) < 4.78 is 7.01. The van der Waals surface area contributed by atoms with Gasteiger partial charge in [0.15, 0.2) is 0 Å². The number of rotatable bonds is 2. The highest BCUT2D eigenvalue weighted by Crippen LogP contribution is 2.28. The van der Waals surface area contributed by atoms with Crippen LogP contribution in [-0.4, -0.2) is 16.1 Å². The molecular weight excluding hydrogens is 292 g/mol. The van der Waals surface area contributed by atoms with E-state index >= 15 is 0 Å². The molecule has 1 aliphatic carbocycles. The summed E-state index contributed by atoms with van der Waals surface area (Å²) in [5, 5.41) is 0.984. The van der Waals surface area contributed by atoms with Gasteiger partial charge in [-0.3, -0.25) is 4.98 Å². The SMILES string of the molecule is Brc1cnc2ccnc(OC3CCCCC3)c2c1. The molecule has 0 spiro atoms. The predicted molar refractivity (Wildman–Crippen MR) is 74.7 cm³/mol. The molecule has 1 saturated carbocycles. The van der Waals surface area contributed by atoms with Crippen molar-refractivity contribution in [3.05, 3.63) is 29.0 Å². The maximum Gasteiger partial charge on any atom is 0.223 e. The maximum absolute atomic E-state index is 6.05. The molecule has 0 bridgehead atoms. The van der Waals surface area contributed by atoms with Crippen molar-refractivity contribution in [2.45, 2.75) is 38.2 Å². The molecular formula is C14H15BrN2O. The highest BCUT2D eigenvalue weighted by atomic mass is 79.9. The Morgan fingerprint density at radius 2 is 2.00 bits per heavy atom. The van der Waals surface area contributed by atoms with Crippen LogP contribution in [0, 0.1) is 0 Å². The minimum Gasteiger partial charge on any atom is -0.474 e. The van der Waals surface area contributed by atoms with Crippen molar-refractivity contribution in [3.8, 4) is 5.88 Å². The average Bonchev–Trinajstić information content (AvgIpc) is 2.41. The molecule has 0 radical (unpaired) electrons. The maximum atomic E-state index is 6.05. The fourth-order valence-electron chi connectivity index (χ4n) is 2.43. The number of halogens is 1. The van der Waals surface area contributed by atoms with Crippen LogP contribution < -0.4 is 4.74 Å². The number of ether oxygens (including phenoxy) is 1. The van der Waals surface area contributed by atoms with Crippen LogP contribution in [0.25, 0.3) is 10.9 Å². The molecule has 2 heterocycles. The summed E-state index contributed by atoms with van der Waals surface area (Å²) in [5.74, 6) is 0.716. The second kappa shape index (κ2) is 5.22. The van der Waals surface area contributed by atoms with E-state index in [0.717, 1.165) is 28.2 Å². The fraction of sp³-hybridized carbons (Fsp3) is 0.429. The molecule has 0 N–H and O–H groups in total. The van der Waals surface area contributed by atoms with Gasteiger partial charge in [-0.1, -0.05) is 6.42 Å². The second-order valence-corrected chi connectivity index (χ2v) is 5.63. The van der Waals surface area contributed by atoms with Crippen LogP contribution in [0.2, 0.25) is 0 Å². The van der Waals surface area contributed by atoms with E-state index in [1.807, 2.05) is 12.1 Å². The normalized spacial score (nSPS) is 16.9. The van der Waals surface area contributed by atoms with E-state index in [9.17, 15) is 0 Å². The topological polar surface area (TPSA) is 35.0 Å². The first kappa shape index (κ1) is 11.9. The van der Waals surface area contributed by atoms with Gasteiger partial charge in [0.2, 0.25) is 5.88 Å². The summed E-state index contributed by atoms with van der Waals surface area (Å²) in [4.78, 5) is 8.73. The van der Waals surface area contributed by atoms with Crippen molar-refractivity contribution in [1.29, 1.82) is 0 Å². The van der Waals surface area contributed by atoms with Gasteiger partial charge >= 0.3 is 0 Å². The molecule has 94 valence electrons. The van der Waals surface area contributed by atoms with Gasteiger partial charge in [-0.15, -0.1) is 0 Å². The Hall–Kier alpha value is -1.16. The summed E-state index contributed by atoms with van der Waals surface area (Å²) in [6.07, 6.45) is 10.0. The minimum absolute atomic E-state index is 0.316. The molecule has 3 nitrogen and oxygen atoms in total. The van der Waals surface area contributed by atoms with E-state index in [-0.39, 0.29) is 0 Å². The van der Waals surface area contributed by atoms with Gasteiger partial charge in [0.25, 0.3) is 0 Å². The van der Waals surface area contributed by atoms with Gasteiger partial charge < -0.3 is 4.74 Å². The number of fused-ring (bicyclic) bond motifs is 1. The summed E-state index contributed by atoms with van der Waals surface area (Å²) >= 11 is 3.45. The third kappa shape index (κ3) is 2.48. The number of nitrogens with zero attached hydrogens (tertiary/aromatic N) is 2. The van der Waals surface area contributed by atoms with Crippen molar-refractivity contribution in [2.75, 3.05) is 0 Å². The standard InChI is InChI=1S/C14H15BrN2O/c15-10-8-12-13(17-9-10)6-7-16-14(12)18-11-4-2-1-3-5-11/h6-9,11H,1-5H2. The van der Waals surface area contributed by atoms with Crippen LogP contribution in [0.4, 0.5) is 0 Å². The molecule has 1 fully saturated rings. The molecule has 0 aromatic carbocycles. The molecule has 0 aliphatic heterocycles. The number of aromatic nitrogens is 2. The molecule has 0 saturated heterocycles. The molecule has 3 rings (SSSR count). The van der Waals surface area contributed by atoms with E-state index in [2.05, 4.69) is 25.9 Å². The molecule has 1 aliphatic rings. The lowest BCUT2D eigenvalue weighted by Gasteiger charge is -2.22. The van der Waals surface area contributed by atoms with E-state index in [4.69, 9.17) is 4.74 Å². The van der Waals surface area contributed by atoms with Crippen LogP contribution in [-0.2, 0) is 0 Å². The quantitative estimate of drug-likeness (QED) is 0.837. The lowest BCUT2D eigenvalue weighted by molar-refractivity contribution is 0.151. The third-order valence-corrected chi connectivity index (χ3v) is 3.80. The first-order valence-electron chi connectivity index (χ1n) is 6.40. The molecule has 2 aromatic heterocycles.